The van der Waals surface area contributed by atoms with Crippen LogP contribution in [0.25, 0.3) is 22.3 Å². The molecule has 18 nitrogen and oxygen atoms in total. The van der Waals surface area contributed by atoms with Crippen molar-refractivity contribution in [1.29, 1.82) is 5.26 Å². The van der Waals surface area contributed by atoms with Crippen molar-refractivity contribution >= 4 is 90.5 Å². The first-order valence-corrected chi connectivity index (χ1v) is 41.5. The molecule has 0 radical (unpaired) electrons. The third-order valence-corrected chi connectivity index (χ3v) is 24.8. The zero-order valence-electron chi connectivity index (χ0n) is 68.0. The zero-order chi connectivity index (χ0) is 81.9. The highest BCUT2D eigenvalue weighted by Crippen LogP contribution is 2.54. The second-order valence-electron chi connectivity index (χ2n) is 31.5. The maximum absolute atomic E-state index is 9.10. The second-order valence-corrected chi connectivity index (χ2v) is 31.5. The number of benzene rings is 9. The molecule has 15 heterocycles. The van der Waals surface area contributed by atoms with E-state index in [2.05, 4.69) is 421 Å². The van der Waals surface area contributed by atoms with Crippen LogP contribution in [-0.4, -0.2) is 95.4 Å². The largest absolute Gasteiger partial charge is 0.343 e. The predicted molar refractivity (Wildman–Crippen MR) is 491 cm³/mol. The second kappa shape index (κ2) is 31.3. The number of nitrogens with zero attached hydrogens (tertiary/aromatic N) is 18. The number of rotatable bonds is 8. The molecule has 0 amide bonds. The first-order chi connectivity index (χ1) is 60.2. The lowest BCUT2D eigenvalue weighted by Gasteiger charge is -2.43. The fourth-order valence-corrected chi connectivity index (χ4v) is 19.2. The van der Waals surface area contributed by atoms with E-state index in [1.807, 2.05) is 61.4 Å². The molecule has 0 bridgehead atoms. The molecule has 0 spiro atoms. The van der Waals surface area contributed by atoms with E-state index < -0.39 is 0 Å². The van der Waals surface area contributed by atoms with Crippen molar-refractivity contribution < 1.29 is 0 Å². The summed E-state index contributed by atoms with van der Waals surface area (Å²) in [7, 11) is 0. The van der Waals surface area contributed by atoms with Crippen LogP contribution in [0.3, 0.4) is 0 Å². The fourth-order valence-electron chi connectivity index (χ4n) is 19.2. The lowest BCUT2D eigenvalue weighted by molar-refractivity contribution is 0.395. The Balaban J connectivity index is 0.000000100. The summed E-state index contributed by atoms with van der Waals surface area (Å²) >= 11 is 0. The van der Waals surface area contributed by atoms with Gasteiger partial charge in [-0.25, -0.2) is 19.9 Å². The number of pyridine rings is 1. The van der Waals surface area contributed by atoms with Gasteiger partial charge < -0.3 is 58.8 Å². The summed E-state index contributed by atoms with van der Waals surface area (Å²) in [6.45, 7) is 12.4. The maximum atomic E-state index is 9.10. The lowest BCUT2D eigenvalue weighted by Crippen LogP contribution is -2.51. The summed E-state index contributed by atoms with van der Waals surface area (Å²) in [5, 5.41) is 9.10. The number of anilines is 12. The van der Waals surface area contributed by atoms with Crippen LogP contribution in [0, 0.1) is 11.3 Å². The molecule has 0 saturated carbocycles. The number of fused-ring (bicyclic) bond motifs is 16. The molecule has 12 aliphatic heterocycles. The normalized spacial score (nSPS) is 19.2. The summed E-state index contributed by atoms with van der Waals surface area (Å²) in [6, 6.07) is 91.4. The smallest absolute Gasteiger partial charge is 0.129 e. The van der Waals surface area contributed by atoms with E-state index in [0.717, 1.165) is 54.1 Å². The van der Waals surface area contributed by atoms with Gasteiger partial charge in [0.05, 0.1) is 124 Å². The quantitative estimate of drug-likeness (QED) is 0.143. The van der Waals surface area contributed by atoms with E-state index in [9.17, 15) is 0 Å². The highest BCUT2D eigenvalue weighted by molar-refractivity contribution is 5.92. The van der Waals surface area contributed by atoms with Gasteiger partial charge in [-0.2, -0.15) is 5.26 Å². The number of para-hydroxylation sites is 11. The van der Waals surface area contributed by atoms with Crippen molar-refractivity contribution in [3.8, 4) is 6.07 Å². The Morgan fingerprint density at radius 3 is 0.844 bits per heavy atom. The van der Waals surface area contributed by atoms with Gasteiger partial charge in [-0.05, 0) is 224 Å². The van der Waals surface area contributed by atoms with Gasteiger partial charge in [0.1, 0.15) is 37.3 Å². The van der Waals surface area contributed by atoms with E-state index in [1.165, 1.54) is 130 Å². The summed E-state index contributed by atoms with van der Waals surface area (Å²) in [5.74, 6) is 0. The van der Waals surface area contributed by atoms with Crippen LogP contribution < -0.4 is 39.2 Å². The minimum Gasteiger partial charge on any atom is -0.343 e. The number of hydrogen-bond acceptors (Lipinski definition) is 18. The topological polar surface area (TPSA) is 127 Å². The van der Waals surface area contributed by atoms with Crippen molar-refractivity contribution in [3.05, 3.63) is 451 Å². The fraction of sp³-hybridized carbons (Fsp3) is 0.115. The molecule has 12 aromatic rings. The monoisotopic (exact) mass is 1590 g/mol. The standard InChI is InChI=1S/C28H22N4.C27H23N3.C25H21N5.C24H20N6/c1-20-27-17-23(22-13-11-21(18-29)12-14-22)15-16-30(27)19-28-31(20)25-9-5-6-10-26(25)32(28)24-7-3-2-4-8-24;1-20-26-18-22(21-10-4-2-5-11-21)16-17-28(26)19-27-29(20)24-14-8-9-15-25(24)30(27)23-12-6-3-7-13-23;1-18-24-13-19(20-14-26-17-27-15-20)11-12-28(24)16-25-29(18)22-9-5-6-10-23(22)30(25)21-7-3-2-4-8-21;1-17-23-12-19(18-6-9-25-10-7-18)8-11-28(23)15-24-29(17)21-4-2-3-5-22(21)30(24)20-13-26-16-27-14-20/h2-17,28H,19H2,1H3;2-18,27H,19H2,1H3;2-15,17,25H,16H2,1H3;2-14,16,24H,15H2,1H3/t28-;27-;25-;24-/m1111/s1. The van der Waals surface area contributed by atoms with Gasteiger partial charge in [0.15, 0.2) is 0 Å². The third kappa shape index (κ3) is 13.0. The number of hydrogen-bond donors (Lipinski definition) is 0. The number of allylic oxidation sites excluding steroid dienone is 16. The molecule has 0 aliphatic carbocycles. The molecule has 24 rings (SSSR count). The Labute approximate surface area is 711 Å². The maximum Gasteiger partial charge on any atom is 0.129 e. The van der Waals surface area contributed by atoms with Gasteiger partial charge in [-0.3, -0.25) is 4.98 Å². The molecule has 122 heavy (non-hydrogen) atoms. The Morgan fingerprint density at radius 1 is 0.262 bits per heavy atom. The van der Waals surface area contributed by atoms with E-state index in [1.54, 1.807) is 12.7 Å². The van der Waals surface area contributed by atoms with Crippen LogP contribution >= 0.6 is 0 Å². The molecule has 0 fully saturated rings. The summed E-state index contributed by atoms with van der Waals surface area (Å²) in [4.78, 5) is 50.1. The molecule has 0 unspecified atom stereocenters. The average Bonchev–Trinajstić information content (AvgIpc) is 1.59. The molecule has 0 saturated heterocycles. The summed E-state index contributed by atoms with van der Waals surface area (Å²) < 4.78 is 0. The van der Waals surface area contributed by atoms with E-state index in [0.29, 0.717) is 5.56 Å². The van der Waals surface area contributed by atoms with Gasteiger partial charge in [0.25, 0.3) is 0 Å². The first kappa shape index (κ1) is 73.9. The van der Waals surface area contributed by atoms with Crippen LogP contribution in [0.2, 0.25) is 0 Å². The van der Waals surface area contributed by atoms with Gasteiger partial charge in [-0.1, -0.05) is 146 Å². The van der Waals surface area contributed by atoms with E-state index in [-0.39, 0.29) is 24.7 Å². The third-order valence-electron chi connectivity index (χ3n) is 24.8. The van der Waals surface area contributed by atoms with E-state index >= 15 is 0 Å². The molecule has 4 atom stereocenters. The zero-order valence-corrected chi connectivity index (χ0v) is 68.0. The minimum atomic E-state index is 0.137. The van der Waals surface area contributed by atoms with Gasteiger partial charge in [-0.15, -0.1) is 0 Å². The lowest BCUT2D eigenvalue weighted by atomic mass is 9.99. The van der Waals surface area contributed by atoms with Gasteiger partial charge in [0.2, 0.25) is 0 Å². The molecule has 3 aromatic heterocycles. The Kier molecular flexibility index (Phi) is 18.9. The predicted octanol–water partition coefficient (Wildman–Crippen LogP) is 21.4. The SMILES string of the molecule is CC1=C2C=C(c3ccc(C#N)cc3)C=CN2C[C@@H]2N1c1ccccc1N2c1ccccc1.CC1=C2C=C(c3ccccc3)C=CN2C[C@@H]2N1c1ccccc1N2c1ccccc1.CC1=C2C=C(c3ccncc3)C=CN2C[C@@H]2N1c1ccccc1N2c1cncnc1.CC1=C2C=C(c3cncnc3)C=CN2C[C@@H]2N1c1ccccc1N2c1ccccc1. The molecule has 18 heteroatoms. The molecular formula is C104H86N18. The van der Waals surface area contributed by atoms with Crippen molar-refractivity contribution in [2.24, 2.45) is 0 Å². The van der Waals surface area contributed by atoms with E-state index in [4.69, 9.17) is 5.26 Å². The van der Waals surface area contributed by atoms with Crippen LogP contribution in [0.1, 0.15) is 55.5 Å². The van der Waals surface area contributed by atoms with Crippen molar-refractivity contribution in [1.82, 2.24) is 44.5 Å². The molecular weight excluding hydrogens is 1500 g/mol. The van der Waals surface area contributed by atoms with Crippen LogP contribution in [-0.2, 0) is 0 Å². The van der Waals surface area contributed by atoms with Crippen LogP contribution in [0.5, 0.6) is 0 Å². The first-order valence-electron chi connectivity index (χ1n) is 41.5. The number of nitriles is 1. The summed E-state index contributed by atoms with van der Waals surface area (Å²) in [5.41, 5.74) is 34.5. The van der Waals surface area contributed by atoms with Crippen molar-refractivity contribution in [2.75, 3.05) is 65.4 Å². The number of aromatic nitrogens is 5. The Bertz CT molecular complexity index is 6030. The minimum absolute atomic E-state index is 0.137. The Hall–Kier alpha value is -15.7. The van der Waals surface area contributed by atoms with Crippen LogP contribution in [0.4, 0.5) is 68.2 Å². The van der Waals surface area contributed by atoms with Crippen molar-refractivity contribution in [2.45, 2.75) is 52.4 Å². The molecule has 592 valence electrons. The molecule has 12 aliphatic rings. The van der Waals surface area contributed by atoms with Gasteiger partial charge in [0, 0.05) is 95.0 Å². The van der Waals surface area contributed by atoms with Crippen LogP contribution in [0.15, 0.2) is 424 Å². The van der Waals surface area contributed by atoms with Crippen molar-refractivity contribution in [3.63, 3.8) is 0 Å². The summed E-state index contributed by atoms with van der Waals surface area (Å²) in [6.07, 6.45) is 41.7. The molecule has 9 aromatic carbocycles. The van der Waals surface area contributed by atoms with Gasteiger partial charge >= 0.3 is 0 Å². The Morgan fingerprint density at radius 2 is 0.525 bits per heavy atom. The average molecular weight is 1590 g/mol. The highest BCUT2D eigenvalue weighted by atomic mass is 15.5. The highest BCUT2D eigenvalue weighted by Gasteiger charge is 2.48. The molecule has 0 N–H and O–H groups in total.